The molecule has 3 heteroatoms. The minimum atomic E-state index is -0.343. The minimum Gasteiger partial charge on any atom is -0.494 e. The maximum absolute atomic E-state index is 13.4. The van der Waals surface area contributed by atoms with Crippen molar-refractivity contribution >= 4 is 5.71 Å². The van der Waals surface area contributed by atoms with Crippen LogP contribution in [0.25, 0.3) is 0 Å². The molecule has 0 saturated heterocycles. The number of allylic oxidation sites excluding steroid dienone is 1. The molecule has 1 unspecified atom stereocenters. The molecule has 1 aliphatic rings. The van der Waals surface area contributed by atoms with Crippen LogP contribution in [0.15, 0.2) is 34.8 Å². The zero-order chi connectivity index (χ0) is 14.0. The predicted octanol–water partition coefficient (Wildman–Crippen LogP) is 4.00. The van der Waals surface area contributed by atoms with E-state index in [1.165, 1.54) is 18.7 Å². The lowest BCUT2D eigenvalue weighted by atomic mass is 9.95. The van der Waals surface area contributed by atoms with Crippen molar-refractivity contribution in [1.82, 2.24) is 0 Å². The van der Waals surface area contributed by atoms with Gasteiger partial charge in [-0.2, -0.15) is 0 Å². The first kappa shape index (κ1) is 13.8. The fourth-order valence-corrected chi connectivity index (χ4v) is 2.39. The van der Waals surface area contributed by atoms with Crippen LogP contribution in [0.2, 0.25) is 0 Å². The molecule has 0 amide bonds. The Balaban J connectivity index is 2.37. The van der Waals surface area contributed by atoms with Gasteiger partial charge in [0.05, 0.1) is 18.9 Å². The van der Waals surface area contributed by atoms with Crippen molar-refractivity contribution in [3.05, 3.63) is 41.2 Å². The highest BCUT2D eigenvalue weighted by molar-refractivity contribution is 6.11. The second-order valence-electron chi connectivity index (χ2n) is 5.09. The fourth-order valence-electron chi connectivity index (χ4n) is 2.39. The standard InChI is InChI=1S/C16H20FNO/c1-5-14-12(10(2)3)9-15(18-14)11-6-7-13(17)16(8-11)19-4/h6-10,14H,5H2,1-4H3. The van der Waals surface area contributed by atoms with Crippen LogP contribution >= 0.6 is 0 Å². The Bertz CT molecular complexity index is 532. The molecule has 0 aromatic heterocycles. The molecule has 0 N–H and O–H groups in total. The van der Waals surface area contributed by atoms with Crippen molar-refractivity contribution in [3.8, 4) is 5.75 Å². The first-order chi connectivity index (χ1) is 9.06. The molecule has 19 heavy (non-hydrogen) atoms. The molecule has 2 rings (SSSR count). The van der Waals surface area contributed by atoms with E-state index in [0.29, 0.717) is 5.92 Å². The summed E-state index contributed by atoms with van der Waals surface area (Å²) in [7, 11) is 1.48. The van der Waals surface area contributed by atoms with Gasteiger partial charge in [0.15, 0.2) is 11.6 Å². The number of methoxy groups -OCH3 is 1. The van der Waals surface area contributed by atoms with E-state index >= 15 is 0 Å². The topological polar surface area (TPSA) is 21.6 Å². The molecular weight excluding hydrogens is 241 g/mol. The largest absolute Gasteiger partial charge is 0.494 e. The first-order valence-electron chi connectivity index (χ1n) is 6.70. The second-order valence-corrected chi connectivity index (χ2v) is 5.09. The van der Waals surface area contributed by atoms with Gasteiger partial charge in [0.1, 0.15) is 0 Å². The summed E-state index contributed by atoms with van der Waals surface area (Å²) >= 11 is 0. The summed E-state index contributed by atoms with van der Waals surface area (Å²) in [5.41, 5.74) is 3.18. The van der Waals surface area contributed by atoms with Gasteiger partial charge in [-0.15, -0.1) is 0 Å². The van der Waals surface area contributed by atoms with Gasteiger partial charge in [0, 0.05) is 5.56 Å². The van der Waals surface area contributed by atoms with Gasteiger partial charge in [0.2, 0.25) is 0 Å². The number of hydrogen-bond acceptors (Lipinski definition) is 2. The van der Waals surface area contributed by atoms with E-state index in [-0.39, 0.29) is 17.6 Å². The van der Waals surface area contributed by atoms with E-state index in [0.717, 1.165) is 17.7 Å². The summed E-state index contributed by atoms with van der Waals surface area (Å²) in [6.45, 7) is 6.50. The Morgan fingerprint density at radius 1 is 1.37 bits per heavy atom. The fraction of sp³-hybridized carbons (Fsp3) is 0.438. The molecule has 102 valence electrons. The molecule has 1 heterocycles. The van der Waals surface area contributed by atoms with E-state index in [1.807, 2.05) is 0 Å². The number of hydrogen-bond donors (Lipinski definition) is 0. The van der Waals surface area contributed by atoms with Gasteiger partial charge in [-0.1, -0.05) is 20.8 Å². The van der Waals surface area contributed by atoms with E-state index < -0.39 is 0 Å². The Kier molecular flexibility index (Phi) is 4.03. The Labute approximate surface area is 114 Å². The van der Waals surface area contributed by atoms with Crippen LogP contribution < -0.4 is 4.74 Å². The third-order valence-corrected chi connectivity index (χ3v) is 3.48. The van der Waals surface area contributed by atoms with Crippen molar-refractivity contribution < 1.29 is 9.13 Å². The summed E-state index contributed by atoms with van der Waals surface area (Å²) in [6.07, 6.45) is 3.12. The Hall–Kier alpha value is -1.64. The van der Waals surface area contributed by atoms with Crippen LogP contribution in [0.3, 0.4) is 0 Å². The highest BCUT2D eigenvalue weighted by Crippen LogP contribution is 2.28. The quantitative estimate of drug-likeness (QED) is 0.802. The van der Waals surface area contributed by atoms with Crippen molar-refractivity contribution in [1.29, 1.82) is 0 Å². The summed E-state index contributed by atoms with van der Waals surface area (Å²) < 4.78 is 18.4. The third-order valence-electron chi connectivity index (χ3n) is 3.48. The van der Waals surface area contributed by atoms with Crippen LogP contribution in [0.5, 0.6) is 5.75 Å². The van der Waals surface area contributed by atoms with Crippen molar-refractivity contribution in [2.45, 2.75) is 33.2 Å². The summed E-state index contributed by atoms with van der Waals surface area (Å²) in [4.78, 5) is 4.73. The predicted molar refractivity (Wildman–Crippen MR) is 76.5 cm³/mol. The maximum atomic E-state index is 13.4. The lowest BCUT2D eigenvalue weighted by molar-refractivity contribution is 0.386. The summed E-state index contributed by atoms with van der Waals surface area (Å²) in [5.74, 6) is 0.401. The van der Waals surface area contributed by atoms with Gasteiger partial charge in [0.25, 0.3) is 0 Å². The molecule has 0 bridgehead atoms. The molecule has 0 aliphatic carbocycles. The smallest absolute Gasteiger partial charge is 0.165 e. The maximum Gasteiger partial charge on any atom is 0.165 e. The van der Waals surface area contributed by atoms with Crippen LogP contribution in [0.1, 0.15) is 32.8 Å². The number of nitrogens with zero attached hydrogens (tertiary/aromatic N) is 1. The lowest BCUT2D eigenvalue weighted by Gasteiger charge is -2.13. The third kappa shape index (κ3) is 2.70. The molecule has 0 fully saturated rings. The SMILES string of the molecule is CCC1N=C(c2ccc(F)c(OC)c2)C=C1C(C)C. The minimum absolute atomic E-state index is 0.256. The van der Waals surface area contributed by atoms with E-state index in [9.17, 15) is 4.39 Å². The summed E-state index contributed by atoms with van der Waals surface area (Å²) in [5, 5.41) is 0. The average Bonchev–Trinajstić information content (AvgIpc) is 2.83. The van der Waals surface area contributed by atoms with Crippen LogP contribution in [-0.2, 0) is 0 Å². The van der Waals surface area contributed by atoms with Crippen molar-refractivity contribution in [2.24, 2.45) is 10.9 Å². The van der Waals surface area contributed by atoms with E-state index in [1.54, 1.807) is 12.1 Å². The number of benzene rings is 1. The lowest BCUT2D eigenvalue weighted by Crippen LogP contribution is -2.08. The molecule has 0 spiro atoms. The molecule has 2 nitrogen and oxygen atoms in total. The van der Waals surface area contributed by atoms with Gasteiger partial charge in [-0.3, -0.25) is 4.99 Å². The number of ether oxygens (including phenoxy) is 1. The number of rotatable bonds is 4. The normalized spacial score (nSPS) is 18.5. The number of halogens is 1. The van der Waals surface area contributed by atoms with E-state index in [4.69, 9.17) is 9.73 Å². The monoisotopic (exact) mass is 261 g/mol. The van der Waals surface area contributed by atoms with Gasteiger partial charge in [-0.05, 0) is 42.2 Å². The van der Waals surface area contributed by atoms with Crippen molar-refractivity contribution in [2.75, 3.05) is 7.11 Å². The molecule has 1 aromatic rings. The second kappa shape index (κ2) is 5.55. The molecule has 1 atom stereocenters. The van der Waals surface area contributed by atoms with Crippen molar-refractivity contribution in [3.63, 3.8) is 0 Å². The Morgan fingerprint density at radius 3 is 2.63 bits per heavy atom. The highest BCUT2D eigenvalue weighted by Gasteiger charge is 2.22. The van der Waals surface area contributed by atoms with Gasteiger partial charge >= 0.3 is 0 Å². The molecule has 0 radical (unpaired) electrons. The van der Waals surface area contributed by atoms with E-state index in [2.05, 4.69) is 26.8 Å². The van der Waals surface area contributed by atoms with Gasteiger partial charge in [-0.25, -0.2) is 4.39 Å². The molecule has 0 saturated carbocycles. The zero-order valence-electron chi connectivity index (χ0n) is 11.9. The zero-order valence-corrected chi connectivity index (χ0v) is 11.9. The average molecular weight is 261 g/mol. The summed E-state index contributed by atoms with van der Waals surface area (Å²) in [6, 6.07) is 5.15. The van der Waals surface area contributed by atoms with Crippen LogP contribution in [-0.4, -0.2) is 18.9 Å². The number of aliphatic imine (C=N–C) groups is 1. The first-order valence-corrected chi connectivity index (χ1v) is 6.70. The Morgan fingerprint density at radius 2 is 2.11 bits per heavy atom. The molecular formula is C16H20FNO. The van der Waals surface area contributed by atoms with Crippen LogP contribution in [0.4, 0.5) is 4.39 Å². The highest BCUT2D eigenvalue weighted by atomic mass is 19.1. The molecule has 1 aliphatic heterocycles. The van der Waals surface area contributed by atoms with Crippen LogP contribution in [0, 0.1) is 11.7 Å². The van der Waals surface area contributed by atoms with Gasteiger partial charge < -0.3 is 4.74 Å². The molecule has 1 aromatic carbocycles.